The minimum Gasteiger partial charge on any atom is -0.376 e. The van der Waals surface area contributed by atoms with Gasteiger partial charge in [-0.15, -0.1) is 0 Å². The first-order chi connectivity index (χ1) is 10.9. The van der Waals surface area contributed by atoms with Crippen molar-refractivity contribution >= 4 is 16.1 Å². The van der Waals surface area contributed by atoms with Crippen LogP contribution in [0.3, 0.4) is 0 Å². The molecule has 8 heteroatoms. The lowest BCUT2D eigenvalue weighted by Crippen LogP contribution is -2.45. The first kappa shape index (κ1) is 18.6. The molecule has 1 amide bonds. The summed E-state index contributed by atoms with van der Waals surface area (Å²) in [6.45, 7) is 3.90. The highest BCUT2D eigenvalue weighted by molar-refractivity contribution is 7.86. The molecule has 1 saturated carbocycles. The number of nitrogens with one attached hydrogen (secondary N) is 1. The van der Waals surface area contributed by atoms with E-state index in [1.165, 1.54) is 23.6 Å². The number of piperidine rings is 1. The number of amides is 1. The molecule has 2 atom stereocenters. The topological polar surface area (TPSA) is 102 Å². The van der Waals surface area contributed by atoms with Crippen LogP contribution in [0.5, 0.6) is 0 Å². The fourth-order valence-corrected chi connectivity index (χ4v) is 4.15. The van der Waals surface area contributed by atoms with Gasteiger partial charge >= 0.3 is 0 Å². The Morgan fingerprint density at radius 3 is 2.48 bits per heavy atom. The third-order valence-electron chi connectivity index (χ3n) is 4.95. The van der Waals surface area contributed by atoms with Gasteiger partial charge in [-0.05, 0) is 31.6 Å². The zero-order valence-electron chi connectivity index (χ0n) is 13.9. The summed E-state index contributed by atoms with van der Waals surface area (Å²) in [6, 6.07) is 0. The maximum absolute atomic E-state index is 12.1. The van der Waals surface area contributed by atoms with E-state index in [0.29, 0.717) is 51.1 Å². The van der Waals surface area contributed by atoms with Crippen molar-refractivity contribution in [3.8, 4) is 0 Å². The third kappa shape index (κ3) is 5.70. The Kier molecular flexibility index (Phi) is 6.82. The highest BCUT2D eigenvalue weighted by atomic mass is 32.2. The SMILES string of the molecule is C[C@H]1CCCC[C@H]1OCCNC(=O)C1CCN(S(N)(=O)=O)CC1. The molecule has 2 aliphatic rings. The van der Waals surface area contributed by atoms with Crippen LogP contribution in [-0.4, -0.2) is 51.0 Å². The molecule has 2 rings (SSSR count). The van der Waals surface area contributed by atoms with E-state index in [9.17, 15) is 13.2 Å². The maximum atomic E-state index is 12.1. The summed E-state index contributed by atoms with van der Waals surface area (Å²) in [7, 11) is -3.63. The molecule has 0 unspecified atom stereocenters. The molecule has 23 heavy (non-hydrogen) atoms. The van der Waals surface area contributed by atoms with Crippen LogP contribution in [0.25, 0.3) is 0 Å². The quantitative estimate of drug-likeness (QED) is 0.687. The van der Waals surface area contributed by atoms with E-state index in [0.717, 1.165) is 6.42 Å². The van der Waals surface area contributed by atoms with Gasteiger partial charge in [0.15, 0.2) is 0 Å². The first-order valence-corrected chi connectivity index (χ1v) is 10.1. The minimum absolute atomic E-state index is 0.0145. The summed E-state index contributed by atoms with van der Waals surface area (Å²) in [5, 5.41) is 7.99. The third-order valence-corrected chi connectivity index (χ3v) is 6.04. The largest absolute Gasteiger partial charge is 0.376 e. The average molecular weight is 347 g/mol. The summed E-state index contributed by atoms with van der Waals surface area (Å²) in [6.07, 6.45) is 6.20. The molecule has 1 aliphatic carbocycles. The molecule has 0 aromatic carbocycles. The van der Waals surface area contributed by atoms with Gasteiger partial charge in [-0.25, -0.2) is 5.14 Å². The second-order valence-electron chi connectivity index (χ2n) is 6.68. The molecule has 1 saturated heterocycles. The van der Waals surface area contributed by atoms with Crippen molar-refractivity contribution in [2.24, 2.45) is 17.0 Å². The Morgan fingerprint density at radius 1 is 1.22 bits per heavy atom. The molecule has 7 nitrogen and oxygen atoms in total. The van der Waals surface area contributed by atoms with Crippen LogP contribution in [0.2, 0.25) is 0 Å². The molecule has 2 fully saturated rings. The van der Waals surface area contributed by atoms with Crippen LogP contribution < -0.4 is 10.5 Å². The summed E-state index contributed by atoms with van der Waals surface area (Å²) >= 11 is 0. The smallest absolute Gasteiger partial charge is 0.276 e. The van der Waals surface area contributed by atoms with Crippen LogP contribution in [0, 0.1) is 11.8 Å². The van der Waals surface area contributed by atoms with E-state index in [1.807, 2.05) is 0 Å². The van der Waals surface area contributed by atoms with Gasteiger partial charge in [-0.3, -0.25) is 4.79 Å². The van der Waals surface area contributed by atoms with E-state index >= 15 is 0 Å². The van der Waals surface area contributed by atoms with Gasteiger partial charge in [0.05, 0.1) is 12.7 Å². The molecule has 0 bridgehead atoms. The number of ether oxygens (including phenoxy) is 1. The lowest BCUT2D eigenvalue weighted by atomic mass is 9.88. The molecule has 0 aromatic heterocycles. The van der Waals surface area contributed by atoms with Gasteiger partial charge < -0.3 is 10.1 Å². The van der Waals surface area contributed by atoms with Crippen LogP contribution in [0.1, 0.15) is 45.4 Å². The standard InChI is InChI=1S/C15H29N3O4S/c1-12-4-2-3-5-14(12)22-11-8-17-15(19)13-6-9-18(10-7-13)23(16,20)21/h12-14H,2-11H2,1H3,(H,17,19)(H2,16,20,21)/t12-,14+/m0/s1. The molecule has 0 radical (unpaired) electrons. The van der Waals surface area contributed by atoms with Crippen molar-refractivity contribution in [1.82, 2.24) is 9.62 Å². The highest BCUT2D eigenvalue weighted by Crippen LogP contribution is 2.26. The molecule has 3 N–H and O–H groups in total. The Morgan fingerprint density at radius 2 is 1.87 bits per heavy atom. The zero-order valence-corrected chi connectivity index (χ0v) is 14.7. The molecular weight excluding hydrogens is 318 g/mol. The van der Waals surface area contributed by atoms with Crippen molar-refractivity contribution in [2.45, 2.75) is 51.6 Å². The molecule has 0 spiro atoms. The number of rotatable bonds is 6. The van der Waals surface area contributed by atoms with Crippen molar-refractivity contribution < 1.29 is 17.9 Å². The number of nitrogens with zero attached hydrogens (tertiary/aromatic N) is 1. The van der Waals surface area contributed by atoms with E-state index in [-0.39, 0.29) is 11.8 Å². The maximum Gasteiger partial charge on any atom is 0.276 e. The van der Waals surface area contributed by atoms with Gasteiger partial charge in [-0.1, -0.05) is 19.8 Å². The van der Waals surface area contributed by atoms with Crippen LogP contribution in [0.4, 0.5) is 0 Å². The van der Waals surface area contributed by atoms with Gasteiger partial charge in [0.2, 0.25) is 5.91 Å². The predicted octanol–water partition coefficient (Wildman–Crippen LogP) is 0.613. The Bertz CT molecular complexity index is 489. The van der Waals surface area contributed by atoms with Crippen molar-refractivity contribution in [2.75, 3.05) is 26.2 Å². The van der Waals surface area contributed by atoms with Gasteiger partial charge in [-0.2, -0.15) is 12.7 Å². The Hall–Kier alpha value is -0.700. The lowest BCUT2D eigenvalue weighted by molar-refractivity contribution is -0.126. The molecule has 1 aliphatic heterocycles. The molecular formula is C15H29N3O4S. The number of nitrogens with two attached hydrogens (primary N) is 1. The van der Waals surface area contributed by atoms with E-state index in [2.05, 4.69) is 12.2 Å². The van der Waals surface area contributed by atoms with Gasteiger partial charge in [0.1, 0.15) is 0 Å². The lowest BCUT2D eigenvalue weighted by Gasteiger charge is -2.30. The fraction of sp³-hybridized carbons (Fsp3) is 0.933. The fourth-order valence-electron chi connectivity index (χ4n) is 3.43. The van der Waals surface area contributed by atoms with Crippen LogP contribution in [-0.2, 0) is 19.7 Å². The number of hydrogen-bond acceptors (Lipinski definition) is 4. The molecule has 1 heterocycles. The van der Waals surface area contributed by atoms with E-state index < -0.39 is 10.2 Å². The highest BCUT2D eigenvalue weighted by Gasteiger charge is 2.29. The number of carbonyl (C=O) groups is 1. The van der Waals surface area contributed by atoms with Crippen molar-refractivity contribution in [1.29, 1.82) is 0 Å². The summed E-state index contributed by atoms with van der Waals surface area (Å²) < 4.78 is 29.6. The zero-order chi connectivity index (χ0) is 16.9. The van der Waals surface area contributed by atoms with E-state index in [4.69, 9.17) is 9.88 Å². The first-order valence-electron chi connectivity index (χ1n) is 8.55. The normalized spacial score (nSPS) is 27.7. The number of carbonyl (C=O) groups excluding carboxylic acids is 1. The monoisotopic (exact) mass is 347 g/mol. The second kappa shape index (κ2) is 8.41. The van der Waals surface area contributed by atoms with Crippen molar-refractivity contribution in [3.05, 3.63) is 0 Å². The summed E-state index contributed by atoms with van der Waals surface area (Å²) in [5.41, 5.74) is 0. The van der Waals surface area contributed by atoms with E-state index in [1.54, 1.807) is 0 Å². The second-order valence-corrected chi connectivity index (χ2v) is 8.23. The van der Waals surface area contributed by atoms with Crippen LogP contribution in [0.15, 0.2) is 0 Å². The number of hydrogen-bond donors (Lipinski definition) is 2. The minimum atomic E-state index is -3.63. The Balaban J connectivity index is 1.62. The molecule has 134 valence electrons. The molecule has 0 aromatic rings. The summed E-state index contributed by atoms with van der Waals surface area (Å²) in [4.78, 5) is 12.1. The van der Waals surface area contributed by atoms with Crippen molar-refractivity contribution in [3.63, 3.8) is 0 Å². The van der Waals surface area contributed by atoms with Gasteiger partial charge in [0, 0.05) is 25.6 Å². The van der Waals surface area contributed by atoms with Crippen LogP contribution >= 0.6 is 0 Å². The van der Waals surface area contributed by atoms with Gasteiger partial charge in [0.25, 0.3) is 10.2 Å². The average Bonchev–Trinajstić information content (AvgIpc) is 2.52. The summed E-state index contributed by atoms with van der Waals surface area (Å²) in [5.74, 6) is 0.447. The Labute approximate surface area is 139 Å². The predicted molar refractivity (Wildman–Crippen MR) is 87.8 cm³/mol.